The number of hydrogen-bond acceptors (Lipinski definition) is 3. The van der Waals surface area contributed by atoms with Crippen molar-refractivity contribution in [2.24, 2.45) is 12.0 Å². The van der Waals surface area contributed by atoms with Crippen molar-refractivity contribution in [2.45, 2.75) is 32.6 Å². The van der Waals surface area contributed by atoms with Crippen LogP contribution in [0.2, 0.25) is 0 Å². The molecule has 6 heteroatoms. The van der Waals surface area contributed by atoms with E-state index in [9.17, 15) is 0 Å². The lowest BCUT2D eigenvalue weighted by Gasteiger charge is -2.21. The highest BCUT2D eigenvalue weighted by Gasteiger charge is 2.26. The van der Waals surface area contributed by atoms with Gasteiger partial charge in [-0.2, -0.15) is 5.10 Å². The van der Waals surface area contributed by atoms with Gasteiger partial charge >= 0.3 is 0 Å². The third-order valence-electron chi connectivity index (χ3n) is 4.87. The fourth-order valence-corrected chi connectivity index (χ4v) is 3.38. The summed E-state index contributed by atoms with van der Waals surface area (Å²) in [4.78, 5) is 7.17. The van der Waals surface area contributed by atoms with Gasteiger partial charge in [0.2, 0.25) is 0 Å². The normalized spacial score (nSPS) is 17.4. The average molecular weight is 370 g/mol. The number of aryl methyl sites for hydroxylation is 2. The Morgan fingerprint density at radius 2 is 2.15 bits per heavy atom. The zero-order valence-electron chi connectivity index (χ0n) is 16.7. The number of guanidine groups is 1. The number of nitrogens with zero attached hydrogens (tertiary/aromatic N) is 4. The molecule has 1 aliphatic rings. The maximum Gasteiger partial charge on any atom is 0.193 e. The monoisotopic (exact) mass is 369 g/mol. The van der Waals surface area contributed by atoms with E-state index in [1.807, 2.05) is 30.1 Å². The number of likely N-dealkylation sites (tertiary alicyclic amines) is 1. The molecule has 0 aliphatic carbocycles. The summed E-state index contributed by atoms with van der Waals surface area (Å²) in [5.41, 5.74) is 2.57. The fraction of sp³-hybridized carbons (Fsp3) is 0.524. The average Bonchev–Trinajstić information content (AvgIpc) is 3.31. The van der Waals surface area contributed by atoms with E-state index >= 15 is 0 Å². The highest BCUT2D eigenvalue weighted by Crippen LogP contribution is 2.26. The fourth-order valence-electron chi connectivity index (χ4n) is 3.38. The van der Waals surface area contributed by atoms with Crippen LogP contribution in [0.25, 0.3) is 0 Å². The lowest BCUT2D eigenvalue weighted by molar-refractivity contribution is 0.313. The molecule has 1 atom stereocenters. The first-order chi connectivity index (χ1) is 13.2. The van der Waals surface area contributed by atoms with Gasteiger partial charge in [0.05, 0.1) is 12.8 Å². The van der Waals surface area contributed by atoms with Gasteiger partial charge in [-0.3, -0.25) is 9.67 Å². The molecule has 146 valence electrons. The Morgan fingerprint density at radius 1 is 1.33 bits per heavy atom. The van der Waals surface area contributed by atoms with Crippen LogP contribution in [0.1, 0.15) is 36.8 Å². The molecule has 27 heavy (non-hydrogen) atoms. The molecule has 0 amide bonds. The molecule has 1 saturated heterocycles. The molecule has 6 nitrogen and oxygen atoms in total. The van der Waals surface area contributed by atoms with E-state index in [0.29, 0.717) is 12.5 Å². The van der Waals surface area contributed by atoms with Crippen molar-refractivity contribution in [3.05, 3.63) is 47.8 Å². The molecule has 0 bridgehead atoms. The van der Waals surface area contributed by atoms with Gasteiger partial charge in [-0.15, -0.1) is 0 Å². The van der Waals surface area contributed by atoms with E-state index in [2.05, 4.69) is 47.5 Å². The van der Waals surface area contributed by atoms with Crippen LogP contribution in [0.3, 0.4) is 0 Å². The Bertz CT molecular complexity index is 737. The molecule has 2 heterocycles. The first kappa shape index (κ1) is 19.3. The minimum Gasteiger partial charge on any atom is -0.494 e. The SMILES string of the molecule is CCNC(=NCCCOc1ccc(C)cc1)N1CCC(c2cnn(C)c2)C1. The molecular formula is C21H31N5O. The molecule has 0 spiro atoms. The summed E-state index contributed by atoms with van der Waals surface area (Å²) in [7, 11) is 1.97. The lowest BCUT2D eigenvalue weighted by atomic mass is 10.0. The Kier molecular flexibility index (Phi) is 6.74. The van der Waals surface area contributed by atoms with Crippen LogP contribution in [0.4, 0.5) is 0 Å². The molecular weight excluding hydrogens is 338 g/mol. The predicted molar refractivity (Wildman–Crippen MR) is 109 cm³/mol. The number of hydrogen-bond donors (Lipinski definition) is 1. The third-order valence-corrected chi connectivity index (χ3v) is 4.87. The Hall–Kier alpha value is -2.50. The number of benzene rings is 1. The van der Waals surface area contributed by atoms with Crippen LogP contribution in [-0.2, 0) is 7.05 Å². The number of aliphatic imine (C=N–C) groups is 1. The van der Waals surface area contributed by atoms with Crippen molar-refractivity contribution in [3.63, 3.8) is 0 Å². The van der Waals surface area contributed by atoms with Crippen molar-refractivity contribution < 1.29 is 4.74 Å². The minimum absolute atomic E-state index is 0.535. The summed E-state index contributed by atoms with van der Waals surface area (Å²) in [6.07, 6.45) is 6.16. The van der Waals surface area contributed by atoms with Crippen LogP contribution >= 0.6 is 0 Å². The van der Waals surface area contributed by atoms with Gasteiger partial charge in [0, 0.05) is 51.8 Å². The van der Waals surface area contributed by atoms with E-state index in [1.165, 1.54) is 11.1 Å². The van der Waals surface area contributed by atoms with Gasteiger partial charge in [-0.1, -0.05) is 17.7 Å². The maximum absolute atomic E-state index is 5.79. The Balaban J connectivity index is 1.47. The van der Waals surface area contributed by atoms with Crippen LogP contribution in [0.5, 0.6) is 5.75 Å². The first-order valence-corrected chi connectivity index (χ1v) is 9.87. The van der Waals surface area contributed by atoms with Crippen molar-refractivity contribution in [1.29, 1.82) is 0 Å². The molecule has 1 fully saturated rings. The van der Waals surface area contributed by atoms with Gasteiger partial charge in [0.25, 0.3) is 0 Å². The second kappa shape index (κ2) is 9.44. The Labute approximate surface area is 162 Å². The van der Waals surface area contributed by atoms with Crippen molar-refractivity contribution in [1.82, 2.24) is 20.0 Å². The quantitative estimate of drug-likeness (QED) is 0.463. The zero-order valence-corrected chi connectivity index (χ0v) is 16.7. The van der Waals surface area contributed by atoms with E-state index in [0.717, 1.165) is 50.7 Å². The molecule has 1 aliphatic heterocycles. The van der Waals surface area contributed by atoms with Gasteiger partial charge < -0.3 is 15.0 Å². The Morgan fingerprint density at radius 3 is 2.85 bits per heavy atom. The molecule has 0 radical (unpaired) electrons. The van der Waals surface area contributed by atoms with Crippen LogP contribution in [0.15, 0.2) is 41.7 Å². The summed E-state index contributed by atoms with van der Waals surface area (Å²) in [6, 6.07) is 8.18. The highest BCUT2D eigenvalue weighted by molar-refractivity contribution is 5.80. The second-order valence-electron chi connectivity index (χ2n) is 7.13. The van der Waals surface area contributed by atoms with E-state index < -0.39 is 0 Å². The molecule has 0 saturated carbocycles. The largest absolute Gasteiger partial charge is 0.494 e. The molecule has 1 N–H and O–H groups in total. The molecule has 1 unspecified atom stereocenters. The standard InChI is InChI=1S/C21H31N5O/c1-4-22-21(23-11-5-13-27-20-8-6-17(2)7-9-20)26-12-10-18(16-26)19-14-24-25(3)15-19/h6-9,14-15,18H,4-5,10-13,16H2,1-3H3,(H,22,23). The van der Waals surface area contributed by atoms with Crippen LogP contribution < -0.4 is 10.1 Å². The van der Waals surface area contributed by atoms with E-state index in [-0.39, 0.29) is 0 Å². The third kappa shape index (κ3) is 5.49. The maximum atomic E-state index is 5.79. The topological polar surface area (TPSA) is 54.7 Å². The summed E-state index contributed by atoms with van der Waals surface area (Å²) >= 11 is 0. The number of aromatic nitrogens is 2. The summed E-state index contributed by atoms with van der Waals surface area (Å²) in [6.45, 7) is 8.56. The van der Waals surface area contributed by atoms with Crippen LogP contribution in [-0.4, -0.2) is 53.4 Å². The lowest BCUT2D eigenvalue weighted by Crippen LogP contribution is -2.40. The summed E-state index contributed by atoms with van der Waals surface area (Å²) in [5, 5.41) is 7.74. The smallest absolute Gasteiger partial charge is 0.193 e. The van der Waals surface area contributed by atoms with Crippen molar-refractivity contribution in [3.8, 4) is 5.75 Å². The second-order valence-corrected chi connectivity index (χ2v) is 7.13. The van der Waals surface area contributed by atoms with E-state index in [1.54, 1.807) is 0 Å². The van der Waals surface area contributed by atoms with Gasteiger partial charge in [0.15, 0.2) is 5.96 Å². The highest BCUT2D eigenvalue weighted by atomic mass is 16.5. The van der Waals surface area contributed by atoms with Crippen molar-refractivity contribution in [2.75, 3.05) is 32.8 Å². The number of ether oxygens (including phenoxy) is 1. The number of rotatable bonds is 7. The zero-order chi connectivity index (χ0) is 19.1. The minimum atomic E-state index is 0.535. The van der Waals surface area contributed by atoms with E-state index in [4.69, 9.17) is 9.73 Å². The molecule has 3 rings (SSSR count). The predicted octanol–water partition coefficient (Wildman–Crippen LogP) is 2.95. The van der Waals surface area contributed by atoms with Gasteiger partial charge in [0.1, 0.15) is 5.75 Å². The molecule has 1 aromatic carbocycles. The number of nitrogens with one attached hydrogen (secondary N) is 1. The van der Waals surface area contributed by atoms with Crippen molar-refractivity contribution >= 4 is 5.96 Å². The van der Waals surface area contributed by atoms with Gasteiger partial charge in [-0.05, 0) is 38.0 Å². The van der Waals surface area contributed by atoms with Crippen LogP contribution in [0, 0.1) is 6.92 Å². The van der Waals surface area contributed by atoms with Gasteiger partial charge in [-0.25, -0.2) is 0 Å². The summed E-state index contributed by atoms with van der Waals surface area (Å²) in [5.74, 6) is 2.47. The first-order valence-electron chi connectivity index (χ1n) is 9.87. The molecule has 1 aromatic heterocycles. The summed E-state index contributed by atoms with van der Waals surface area (Å²) < 4.78 is 7.67. The molecule has 2 aromatic rings.